The van der Waals surface area contributed by atoms with E-state index in [2.05, 4.69) is 20.8 Å². The van der Waals surface area contributed by atoms with Crippen molar-refractivity contribution in [2.75, 3.05) is 6.61 Å². The number of hydrogen-bond acceptors (Lipinski definition) is 3. The third-order valence-corrected chi connectivity index (χ3v) is 5.75. The van der Waals surface area contributed by atoms with Gasteiger partial charge >= 0.3 is 13.4 Å². The summed E-state index contributed by atoms with van der Waals surface area (Å²) in [5.74, 6) is -0.463. The lowest BCUT2D eigenvalue weighted by Crippen LogP contribution is -2.20. The molecule has 0 unspecified atom stereocenters. The van der Waals surface area contributed by atoms with E-state index in [1.54, 1.807) is 6.92 Å². The summed E-state index contributed by atoms with van der Waals surface area (Å²) in [7, 11) is -2.73. The highest BCUT2D eigenvalue weighted by Crippen LogP contribution is 2.43. The van der Waals surface area contributed by atoms with Gasteiger partial charge in [-0.2, -0.15) is 0 Å². The smallest absolute Gasteiger partial charge is 0.461 e. The molecule has 0 aliphatic carbocycles. The highest BCUT2D eigenvalue weighted by molar-refractivity contribution is 6.41. The van der Waals surface area contributed by atoms with Crippen LogP contribution in [-0.4, -0.2) is 30.2 Å². The van der Waals surface area contributed by atoms with Gasteiger partial charge < -0.3 is 9.21 Å². The quantitative estimate of drug-likeness (QED) is 0.415. The van der Waals surface area contributed by atoms with Gasteiger partial charge in [-0.15, -0.1) is 0 Å². The number of ether oxygens (including phenoxy) is 1. The Morgan fingerprint density at radius 1 is 1.03 bits per heavy atom. The molecular weight excluding hydrogens is 397 g/mol. The summed E-state index contributed by atoms with van der Waals surface area (Å²) in [4.78, 5) is 16.4. The molecule has 1 aliphatic rings. The zero-order chi connectivity index (χ0) is 24.0. The van der Waals surface area contributed by atoms with E-state index in [4.69, 9.17) is 9.73 Å². The average molecular weight is 432 g/mol. The zero-order valence-electron chi connectivity index (χ0n) is 20.8. The van der Waals surface area contributed by atoms with Crippen molar-refractivity contribution in [3.05, 3.63) is 39.4 Å². The molecule has 0 saturated carbocycles. The second-order valence-electron chi connectivity index (χ2n) is 10.4. The van der Waals surface area contributed by atoms with Gasteiger partial charge in [0.2, 0.25) is 0 Å². The highest BCUT2D eigenvalue weighted by Gasteiger charge is 2.36. The number of nitrogens with zero attached hydrogens (tertiary/aromatic N) is 2. The number of aromatic nitrogens is 1. The topological polar surface area (TPSA) is 43.6 Å². The molecule has 4 nitrogen and oxygen atoms in total. The summed E-state index contributed by atoms with van der Waals surface area (Å²) in [6.07, 6.45) is 0. The van der Waals surface area contributed by atoms with Gasteiger partial charge in [0, 0.05) is 29.6 Å². The van der Waals surface area contributed by atoms with E-state index in [9.17, 15) is 13.4 Å². The second kappa shape index (κ2) is 8.40. The van der Waals surface area contributed by atoms with E-state index in [1.165, 1.54) is 6.92 Å². The van der Waals surface area contributed by atoms with Gasteiger partial charge in [-0.05, 0) is 60.8 Å². The fourth-order valence-electron chi connectivity index (χ4n) is 5.10. The predicted molar refractivity (Wildman–Crippen MR) is 125 cm³/mol. The van der Waals surface area contributed by atoms with Crippen molar-refractivity contribution < 1.29 is 18.2 Å². The minimum absolute atomic E-state index is 0.114. The second-order valence-corrected chi connectivity index (χ2v) is 10.4. The van der Waals surface area contributed by atoms with Gasteiger partial charge in [-0.1, -0.05) is 41.5 Å². The monoisotopic (exact) mass is 432 g/mol. The third kappa shape index (κ3) is 4.70. The Morgan fingerprint density at radius 3 is 1.97 bits per heavy atom. The number of hydrogen-bond donors (Lipinski definition) is 0. The van der Waals surface area contributed by atoms with Crippen LogP contribution in [0.2, 0.25) is 0 Å². The molecule has 0 saturated heterocycles. The number of aliphatic imine (C=N–C) groups is 1. The van der Waals surface area contributed by atoms with Crippen LogP contribution in [0.5, 0.6) is 0 Å². The van der Waals surface area contributed by atoms with Gasteiger partial charge in [0.15, 0.2) is 0 Å². The number of allylic oxidation sites excluding steroid dienone is 2. The fourth-order valence-corrected chi connectivity index (χ4v) is 5.10. The van der Waals surface area contributed by atoms with Gasteiger partial charge in [-0.3, -0.25) is 18.4 Å². The van der Waals surface area contributed by atoms with Gasteiger partial charge in [0.25, 0.3) is 0 Å². The number of rotatable bonds is 4. The number of carbonyl (C=O) groups is 1. The highest BCUT2D eigenvalue weighted by atomic mass is 19.2. The molecule has 0 amide bonds. The van der Waals surface area contributed by atoms with Crippen molar-refractivity contribution in [3.63, 3.8) is 0 Å². The standard InChI is InChI=1S/C24H35BF2N2O2/c1-13-19(23(6,7)8)15(3)28-21(13)18(12-31-17(5)30)22-14(2)20(24(9,10)11)16(4)29(22)25(26)27/h12H2,1-11H3/b21-18-. The lowest BCUT2D eigenvalue weighted by molar-refractivity contribution is -0.139. The van der Waals surface area contributed by atoms with Gasteiger partial charge in [0.1, 0.15) is 6.61 Å². The number of carbonyl (C=O) groups excluding carboxylic acids is 1. The molecule has 0 fully saturated rings. The summed E-state index contributed by atoms with van der Waals surface area (Å²) < 4.78 is 35.1. The molecule has 1 aromatic rings. The largest absolute Gasteiger partial charge is 0.677 e. The van der Waals surface area contributed by atoms with Crippen LogP contribution in [-0.2, 0) is 14.9 Å². The maximum Gasteiger partial charge on any atom is 0.677 e. The minimum atomic E-state index is -2.73. The fraction of sp³-hybridized carbons (Fsp3) is 0.583. The lowest BCUT2D eigenvalue weighted by atomic mass is 9.81. The summed E-state index contributed by atoms with van der Waals surface area (Å²) in [6, 6.07) is 0. The third-order valence-electron chi connectivity index (χ3n) is 5.75. The first-order valence-corrected chi connectivity index (χ1v) is 10.6. The van der Waals surface area contributed by atoms with Crippen LogP contribution in [0.25, 0.3) is 5.57 Å². The Labute approximate surface area is 185 Å². The van der Waals surface area contributed by atoms with Gasteiger partial charge in [0.05, 0.1) is 5.70 Å². The van der Waals surface area contributed by atoms with E-state index in [1.807, 2.05) is 41.5 Å². The summed E-state index contributed by atoms with van der Waals surface area (Å²) in [6.45, 7) is 21.1. The number of esters is 1. The van der Waals surface area contributed by atoms with Crippen molar-refractivity contribution in [1.29, 1.82) is 0 Å². The van der Waals surface area contributed by atoms with Crippen molar-refractivity contribution >= 4 is 24.7 Å². The Bertz CT molecular complexity index is 1000. The zero-order valence-corrected chi connectivity index (χ0v) is 20.8. The van der Waals surface area contributed by atoms with Crippen LogP contribution < -0.4 is 0 Å². The molecule has 0 atom stereocenters. The summed E-state index contributed by atoms with van der Waals surface area (Å²) in [5.41, 5.74) is 6.09. The predicted octanol–water partition coefficient (Wildman–Crippen LogP) is 6.29. The Morgan fingerprint density at radius 2 is 1.58 bits per heavy atom. The maximum absolute atomic E-state index is 14.3. The maximum atomic E-state index is 14.3. The van der Waals surface area contributed by atoms with E-state index in [0.717, 1.165) is 32.5 Å². The van der Waals surface area contributed by atoms with Crippen molar-refractivity contribution in [1.82, 2.24) is 4.48 Å². The van der Waals surface area contributed by atoms with Crippen LogP contribution in [0.1, 0.15) is 84.8 Å². The van der Waals surface area contributed by atoms with E-state index >= 15 is 0 Å². The van der Waals surface area contributed by atoms with Crippen LogP contribution in [0.3, 0.4) is 0 Å². The molecule has 2 heterocycles. The molecule has 170 valence electrons. The van der Waals surface area contributed by atoms with Crippen molar-refractivity contribution in [2.45, 2.75) is 81.6 Å². The van der Waals surface area contributed by atoms with Crippen LogP contribution >= 0.6 is 0 Å². The molecule has 0 N–H and O–H groups in total. The van der Waals surface area contributed by atoms with Crippen LogP contribution in [0, 0.1) is 19.3 Å². The summed E-state index contributed by atoms with van der Waals surface area (Å²) in [5, 5.41) is 0. The van der Waals surface area contributed by atoms with E-state index in [0.29, 0.717) is 22.7 Å². The first kappa shape index (κ1) is 25.1. The molecular formula is C24H35BF2N2O2. The lowest BCUT2D eigenvalue weighted by Gasteiger charge is -2.22. The Kier molecular flexibility index (Phi) is 6.80. The number of halogens is 2. The average Bonchev–Trinajstić information content (AvgIpc) is 3.00. The molecule has 7 heteroatoms. The first-order valence-electron chi connectivity index (χ1n) is 10.6. The Hall–Kier alpha value is -2.18. The van der Waals surface area contributed by atoms with E-state index < -0.39 is 13.4 Å². The van der Waals surface area contributed by atoms with Crippen molar-refractivity contribution in [2.24, 2.45) is 10.4 Å². The molecule has 2 rings (SSSR count). The molecule has 1 aromatic heterocycles. The molecule has 0 radical (unpaired) electrons. The van der Waals surface area contributed by atoms with E-state index in [-0.39, 0.29) is 17.4 Å². The summed E-state index contributed by atoms with van der Waals surface area (Å²) >= 11 is 0. The first-order chi connectivity index (χ1) is 14.0. The Balaban J connectivity index is 2.98. The van der Waals surface area contributed by atoms with Crippen molar-refractivity contribution in [3.8, 4) is 0 Å². The normalized spacial score (nSPS) is 16.6. The molecule has 0 spiro atoms. The molecule has 0 bridgehead atoms. The SMILES string of the molecule is CC(=O)OC/C(=C1/N=C(C)C(C(C)(C)C)=C1C)c1c(C)c(C(C)(C)C)c(C)n1B(F)F. The minimum Gasteiger partial charge on any atom is -0.461 e. The van der Waals surface area contributed by atoms with Gasteiger partial charge in [-0.25, -0.2) is 0 Å². The molecule has 1 aliphatic heterocycles. The van der Waals surface area contributed by atoms with Crippen LogP contribution in [0.15, 0.2) is 21.8 Å². The molecule has 0 aromatic carbocycles. The van der Waals surface area contributed by atoms with Crippen LogP contribution in [0.4, 0.5) is 8.63 Å². The molecule has 31 heavy (non-hydrogen) atoms.